The average Bonchev–Trinajstić information content (AvgIpc) is 2.10. The van der Waals surface area contributed by atoms with E-state index in [-0.39, 0.29) is 5.75 Å². The minimum atomic E-state index is -0.0631. The first kappa shape index (κ1) is 9.71. The zero-order valence-electron chi connectivity index (χ0n) is 7.87. The van der Waals surface area contributed by atoms with Crippen LogP contribution in [0.3, 0.4) is 0 Å². The van der Waals surface area contributed by atoms with Crippen LogP contribution in [0.15, 0.2) is 18.2 Å². The Morgan fingerprint density at radius 1 is 1.08 bits per heavy atom. The number of benzene rings is 1. The van der Waals surface area contributed by atoms with E-state index in [9.17, 15) is 5.11 Å². The first-order chi connectivity index (χ1) is 6.27. The summed E-state index contributed by atoms with van der Waals surface area (Å²) in [5.74, 6) is 1.09. The molecule has 71 valence electrons. The van der Waals surface area contributed by atoms with Gasteiger partial charge in [0.2, 0.25) is 0 Å². The molecule has 0 heterocycles. The van der Waals surface area contributed by atoms with Gasteiger partial charge in [-0.15, -0.1) is 0 Å². The second kappa shape index (κ2) is 4.60. The van der Waals surface area contributed by atoms with Gasteiger partial charge in [-0.2, -0.15) is 0 Å². The molecule has 0 saturated carbocycles. The topological polar surface area (TPSA) is 38.4 Å². The van der Waals surface area contributed by atoms with Crippen molar-refractivity contribution in [3.63, 3.8) is 0 Å². The molecule has 0 N–H and O–H groups in total. The van der Waals surface area contributed by atoms with Gasteiger partial charge in [0.1, 0.15) is 0 Å². The molecule has 0 spiro atoms. The van der Waals surface area contributed by atoms with E-state index in [1.807, 2.05) is 13.8 Å². The van der Waals surface area contributed by atoms with Crippen molar-refractivity contribution in [2.45, 2.75) is 13.8 Å². The molecular weight excluding hydrogens is 168 g/mol. The Kier molecular flexibility index (Phi) is 3.43. The van der Waals surface area contributed by atoms with Crippen LogP contribution in [-0.2, 0) is 5.11 Å². The maximum absolute atomic E-state index is 11.0. The van der Waals surface area contributed by atoms with Gasteiger partial charge in [-0.05, 0) is 26.0 Å². The predicted molar refractivity (Wildman–Crippen MR) is 48.9 cm³/mol. The van der Waals surface area contributed by atoms with Crippen LogP contribution in [0, 0.1) is 0 Å². The first-order valence-electron chi connectivity index (χ1n) is 4.34. The van der Waals surface area contributed by atoms with Crippen molar-refractivity contribution in [3.8, 4) is 17.2 Å². The summed E-state index contributed by atoms with van der Waals surface area (Å²) in [6.07, 6.45) is 0. The Hall–Kier alpha value is -1.38. The van der Waals surface area contributed by atoms with Gasteiger partial charge < -0.3 is 9.47 Å². The highest BCUT2D eigenvalue weighted by atomic mass is 16.5. The zero-order valence-corrected chi connectivity index (χ0v) is 7.87. The van der Waals surface area contributed by atoms with Crippen molar-refractivity contribution < 1.29 is 14.6 Å². The van der Waals surface area contributed by atoms with Crippen molar-refractivity contribution in [1.29, 1.82) is 0 Å². The number of ether oxygens (including phenoxy) is 2. The fourth-order valence-electron chi connectivity index (χ4n) is 1.03. The summed E-state index contributed by atoms with van der Waals surface area (Å²) in [5, 5.41) is 11.0. The lowest BCUT2D eigenvalue weighted by molar-refractivity contribution is 0.283. The summed E-state index contributed by atoms with van der Waals surface area (Å²) in [7, 11) is 0. The maximum Gasteiger partial charge on any atom is 0.182 e. The van der Waals surface area contributed by atoms with E-state index in [0.29, 0.717) is 24.7 Å². The molecule has 0 aliphatic rings. The summed E-state index contributed by atoms with van der Waals surface area (Å²) in [6.45, 7) is 4.86. The fourth-order valence-corrected chi connectivity index (χ4v) is 1.03. The van der Waals surface area contributed by atoms with E-state index in [4.69, 9.17) is 9.47 Å². The lowest BCUT2D eigenvalue weighted by atomic mass is 10.3. The van der Waals surface area contributed by atoms with Crippen LogP contribution in [0.2, 0.25) is 0 Å². The Balaban J connectivity index is 2.89. The summed E-state index contributed by atoms with van der Waals surface area (Å²) in [4.78, 5) is 0. The first-order valence-corrected chi connectivity index (χ1v) is 4.34. The summed E-state index contributed by atoms with van der Waals surface area (Å²) in [6, 6.07) is 4.54. The Morgan fingerprint density at radius 3 is 2.31 bits per heavy atom. The summed E-state index contributed by atoms with van der Waals surface area (Å²) in [5.41, 5.74) is 0. The molecule has 1 aromatic rings. The third-order valence-electron chi connectivity index (χ3n) is 1.51. The number of hydrogen-bond donors (Lipinski definition) is 0. The van der Waals surface area contributed by atoms with Gasteiger partial charge in [0.15, 0.2) is 17.2 Å². The highest BCUT2D eigenvalue weighted by Gasteiger charge is 2.05. The second-order valence-corrected chi connectivity index (χ2v) is 2.47. The highest BCUT2D eigenvalue weighted by molar-refractivity contribution is 5.44. The molecular formula is C10H13O3. The average molecular weight is 181 g/mol. The molecule has 0 aliphatic carbocycles. The predicted octanol–water partition coefficient (Wildman–Crippen LogP) is 2.63. The lowest BCUT2D eigenvalue weighted by Crippen LogP contribution is -1.97. The Morgan fingerprint density at radius 2 is 1.69 bits per heavy atom. The van der Waals surface area contributed by atoms with E-state index in [2.05, 4.69) is 0 Å². The molecule has 0 atom stereocenters. The smallest absolute Gasteiger partial charge is 0.182 e. The maximum atomic E-state index is 11.0. The third kappa shape index (κ3) is 2.54. The van der Waals surface area contributed by atoms with Crippen LogP contribution >= 0.6 is 0 Å². The minimum absolute atomic E-state index is 0.0631. The van der Waals surface area contributed by atoms with Crippen LogP contribution in [0.5, 0.6) is 17.2 Å². The van der Waals surface area contributed by atoms with E-state index < -0.39 is 0 Å². The van der Waals surface area contributed by atoms with Gasteiger partial charge in [-0.1, -0.05) is 0 Å². The fraction of sp³-hybridized carbons (Fsp3) is 0.400. The molecule has 0 fully saturated rings. The van der Waals surface area contributed by atoms with Gasteiger partial charge in [-0.25, -0.2) is 0 Å². The molecule has 1 rings (SSSR count). The van der Waals surface area contributed by atoms with Crippen molar-refractivity contribution in [1.82, 2.24) is 0 Å². The Labute approximate surface area is 77.9 Å². The normalized spacial score (nSPS) is 9.69. The molecule has 0 amide bonds. The van der Waals surface area contributed by atoms with E-state index >= 15 is 0 Å². The molecule has 0 aliphatic heterocycles. The Bertz CT molecular complexity index is 271. The number of rotatable bonds is 4. The molecule has 3 heteroatoms. The third-order valence-corrected chi connectivity index (χ3v) is 1.51. The molecule has 3 nitrogen and oxygen atoms in total. The standard InChI is InChI=1S/C10H13O3/c1-3-12-9-6-5-8(11)7-10(9)13-4-2/h5-7H,3-4H2,1-2H3. The molecule has 1 radical (unpaired) electrons. The molecule has 0 unspecified atom stereocenters. The highest BCUT2D eigenvalue weighted by Crippen LogP contribution is 2.31. The summed E-state index contributed by atoms with van der Waals surface area (Å²) >= 11 is 0. The van der Waals surface area contributed by atoms with Crippen molar-refractivity contribution >= 4 is 0 Å². The van der Waals surface area contributed by atoms with Crippen molar-refractivity contribution in [2.24, 2.45) is 0 Å². The quantitative estimate of drug-likeness (QED) is 0.716. The lowest BCUT2D eigenvalue weighted by Gasteiger charge is -2.09. The minimum Gasteiger partial charge on any atom is -0.490 e. The van der Waals surface area contributed by atoms with Crippen LogP contribution in [0.4, 0.5) is 0 Å². The molecule has 1 aromatic carbocycles. The van der Waals surface area contributed by atoms with Gasteiger partial charge in [0.25, 0.3) is 0 Å². The van der Waals surface area contributed by atoms with Crippen LogP contribution in [-0.4, -0.2) is 13.2 Å². The van der Waals surface area contributed by atoms with Gasteiger partial charge >= 0.3 is 0 Å². The van der Waals surface area contributed by atoms with Crippen LogP contribution < -0.4 is 9.47 Å². The molecule has 0 bridgehead atoms. The van der Waals surface area contributed by atoms with Crippen LogP contribution in [0.1, 0.15) is 13.8 Å². The summed E-state index contributed by atoms with van der Waals surface area (Å²) < 4.78 is 10.5. The largest absolute Gasteiger partial charge is 0.490 e. The number of hydrogen-bond acceptors (Lipinski definition) is 2. The van der Waals surface area contributed by atoms with E-state index in [1.54, 1.807) is 6.07 Å². The van der Waals surface area contributed by atoms with Gasteiger partial charge in [0.05, 0.1) is 13.2 Å². The second-order valence-electron chi connectivity index (χ2n) is 2.47. The molecule has 0 saturated heterocycles. The van der Waals surface area contributed by atoms with E-state index in [1.165, 1.54) is 12.1 Å². The molecule has 13 heavy (non-hydrogen) atoms. The van der Waals surface area contributed by atoms with Crippen LogP contribution in [0.25, 0.3) is 0 Å². The van der Waals surface area contributed by atoms with Crippen molar-refractivity contribution in [3.05, 3.63) is 18.2 Å². The van der Waals surface area contributed by atoms with Crippen molar-refractivity contribution in [2.75, 3.05) is 13.2 Å². The SMILES string of the molecule is CCOc1ccc([O])cc1OCC. The van der Waals surface area contributed by atoms with Gasteiger partial charge in [0, 0.05) is 6.07 Å². The van der Waals surface area contributed by atoms with E-state index in [0.717, 1.165) is 0 Å². The zero-order chi connectivity index (χ0) is 9.68. The monoisotopic (exact) mass is 181 g/mol. The molecule has 0 aromatic heterocycles. The van der Waals surface area contributed by atoms with Gasteiger partial charge in [-0.3, -0.25) is 5.11 Å².